The molecule has 0 amide bonds. The Kier molecular flexibility index (Phi) is 5.01. The minimum atomic E-state index is -3.40. The first-order valence-electron chi connectivity index (χ1n) is 4.99. The number of nitrogens with two attached hydrogens (primary N) is 1. The van der Waals surface area contributed by atoms with Crippen LogP contribution < -0.4 is 5.73 Å². The fraction of sp³-hybridized carbons (Fsp3) is 0.545. The minimum Gasteiger partial charge on any atom is -0.384 e. The Morgan fingerprint density at radius 3 is 2.29 bits per heavy atom. The van der Waals surface area contributed by atoms with Gasteiger partial charge < -0.3 is 10.8 Å². The highest BCUT2D eigenvalue weighted by Crippen LogP contribution is 2.37. The van der Waals surface area contributed by atoms with Crippen LogP contribution in [0.25, 0.3) is 0 Å². The molecule has 98 valence electrons. The van der Waals surface area contributed by atoms with Gasteiger partial charge in [0, 0.05) is 6.04 Å². The molecule has 0 fully saturated rings. The molecule has 0 aromatic carbocycles. The summed E-state index contributed by atoms with van der Waals surface area (Å²) in [5.41, 5.74) is 3.32. The topological polar surface area (TPSA) is 59.1 Å². The Hall–Kier alpha value is -0.780. The highest BCUT2D eigenvalue weighted by Gasteiger charge is 2.48. The Labute approximate surface area is 105 Å². The van der Waals surface area contributed by atoms with E-state index in [1.54, 1.807) is 13.0 Å². The zero-order chi connectivity index (χ0) is 12.6. The molecule has 1 atom stereocenters. The molecule has 0 saturated heterocycles. The Balaban J connectivity index is 0.00000256. The number of aromatic nitrogens is 1. The highest BCUT2D eigenvalue weighted by atomic mass is 35.5. The minimum absolute atomic E-state index is 0. The van der Waals surface area contributed by atoms with Gasteiger partial charge in [0.05, 0.1) is 5.69 Å². The molecular weight excluding hydrogens is 250 g/mol. The maximum Gasteiger partial charge on any atom is 0.317 e. The van der Waals surface area contributed by atoms with Crippen molar-refractivity contribution in [2.24, 2.45) is 5.73 Å². The Morgan fingerprint density at radius 2 is 1.88 bits per heavy atom. The van der Waals surface area contributed by atoms with Gasteiger partial charge in [-0.1, -0.05) is 6.07 Å². The van der Waals surface area contributed by atoms with Gasteiger partial charge in [0.15, 0.2) is 0 Å². The van der Waals surface area contributed by atoms with Gasteiger partial charge in [0.1, 0.15) is 11.3 Å². The first kappa shape index (κ1) is 16.2. The quantitative estimate of drug-likeness (QED) is 0.883. The van der Waals surface area contributed by atoms with Gasteiger partial charge in [-0.3, -0.25) is 0 Å². The van der Waals surface area contributed by atoms with Crippen LogP contribution in [-0.2, 0) is 5.92 Å². The lowest BCUT2D eigenvalue weighted by Gasteiger charge is -2.28. The van der Waals surface area contributed by atoms with E-state index in [9.17, 15) is 13.9 Å². The summed E-state index contributed by atoms with van der Waals surface area (Å²) in [5.74, 6) is -3.40. The predicted octanol–water partition coefficient (Wildman–Crippen LogP) is 2.39. The Morgan fingerprint density at radius 1 is 1.35 bits per heavy atom. The van der Waals surface area contributed by atoms with Crippen molar-refractivity contribution in [2.45, 2.75) is 38.3 Å². The van der Waals surface area contributed by atoms with Crippen LogP contribution in [0.2, 0.25) is 0 Å². The summed E-state index contributed by atoms with van der Waals surface area (Å²) in [4.78, 5) is 3.78. The van der Waals surface area contributed by atoms with Crippen LogP contribution in [0.5, 0.6) is 0 Å². The third-order valence-electron chi connectivity index (χ3n) is 2.33. The van der Waals surface area contributed by atoms with Gasteiger partial charge in [-0.15, -0.1) is 12.4 Å². The molecule has 0 aliphatic heterocycles. The average molecular weight is 267 g/mol. The maximum absolute atomic E-state index is 13.8. The van der Waals surface area contributed by atoms with Crippen LogP contribution in [0.15, 0.2) is 18.2 Å². The second-order valence-electron chi connectivity index (χ2n) is 4.37. The summed E-state index contributed by atoms with van der Waals surface area (Å²) in [7, 11) is 0. The van der Waals surface area contributed by atoms with E-state index in [0.29, 0.717) is 5.69 Å². The first-order valence-corrected chi connectivity index (χ1v) is 4.99. The second kappa shape index (κ2) is 5.25. The molecule has 1 aromatic rings. The molecule has 6 heteroatoms. The van der Waals surface area contributed by atoms with E-state index in [2.05, 4.69) is 4.98 Å². The van der Waals surface area contributed by atoms with E-state index in [1.807, 2.05) is 0 Å². The van der Waals surface area contributed by atoms with E-state index in [0.717, 1.165) is 13.8 Å². The van der Waals surface area contributed by atoms with Crippen LogP contribution in [-0.4, -0.2) is 15.7 Å². The van der Waals surface area contributed by atoms with Gasteiger partial charge in [-0.2, -0.15) is 8.78 Å². The normalized spacial score (nSPS) is 14.1. The number of rotatable bonds is 3. The largest absolute Gasteiger partial charge is 0.384 e. The van der Waals surface area contributed by atoms with Gasteiger partial charge >= 0.3 is 5.92 Å². The molecule has 1 rings (SSSR count). The molecule has 1 unspecified atom stereocenters. The fourth-order valence-corrected chi connectivity index (χ4v) is 1.19. The fourth-order valence-electron chi connectivity index (χ4n) is 1.19. The highest BCUT2D eigenvalue weighted by molar-refractivity contribution is 5.85. The summed E-state index contributed by atoms with van der Waals surface area (Å²) in [6, 6.07) is 3.80. The van der Waals surface area contributed by atoms with E-state index in [1.165, 1.54) is 12.1 Å². The first-order chi connectivity index (χ1) is 7.16. The molecular formula is C11H17ClF2N2O. The van der Waals surface area contributed by atoms with E-state index in [-0.39, 0.29) is 12.4 Å². The second-order valence-corrected chi connectivity index (χ2v) is 4.37. The van der Waals surface area contributed by atoms with Crippen molar-refractivity contribution in [1.29, 1.82) is 0 Å². The van der Waals surface area contributed by atoms with Gasteiger partial charge in [-0.25, -0.2) is 4.98 Å². The molecule has 0 spiro atoms. The van der Waals surface area contributed by atoms with Crippen molar-refractivity contribution < 1.29 is 13.9 Å². The zero-order valence-electron chi connectivity index (χ0n) is 9.95. The SMILES string of the molecule is CC(N)c1cccc(C(F)(F)C(C)(C)O)n1.Cl. The lowest BCUT2D eigenvalue weighted by atomic mass is 9.97. The van der Waals surface area contributed by atoms with Gasteiger partial charge in [0.25, 0.3) is 0 Å². The molecule has 0 aliphatic carbocycles. The smallest absolute Gasteiger partial charge is 0.317 e. The predicted molar refractivity (Wildman–Crippen MR) is 64.3 cm³/mol. The third kappa shape index (κ3) is 3.34. The van der Waals surface area contributed by atoms with E-state index < -0.39 is 23.3 Å². The molecule has 1 heterocycles. The van der Waals surface area contributed by atoms with Crippen LogP contribution in [0.3, 0.4) is 0 Å². The van der Waals surface area contributed by atoms with Crippen LogP contribution in [0, 0.1) is 0 Å². The van der Waals surface area contributed by atoms with E-state index >= 15 is 0 Å². The number of hydrogen-bond donors (Lipinski definition) is 2. The lowest BCUT2D eigenvalue weighted by molar-refractivity contribution is -0.171. The van der Waals surface area contributed by atoms with E-state index in [4.69, 9.17) is 5.73 Å². The number of alkyl halides is 2. The molecule has 3 nitrogen and oxygen atoms in total. The average Bonchev–Trinajstić information content (AvgIpc) is 2.16. The van der Waals surface area contributed by atoms with Gasteiger partial charge in [-0.05, 0) is 32.9 Å². The van der Waals surface area contributed by atoms with Crippen molar-refractivity contribution >= 4 is 12.4 Å². The number of pyridine rings is 1. The lowest BCUT2D eigenvalue weighted by Crippen LogP contribution is -2.41. The van der Waals surface area contributed by atoms with Gasteiger partial charge in [0.2, 0.25) is 0 Å². The Bertz CT molecular complexity index is 378. The van der Waals surface area contributed by atoms with Crippen molar-refractivity contribution in [3.05, 3.63) is 29.6 Å². The molecule has 3 N–H and O–H groups in total. The van der Waals surface area contributed by atoms with Crippen LogP contribution >= 0.6 is 12.4 Å². The van der Waals surface area contributed by atoms with Crippen molar-refractivity contribution in [1.82, 2.24) is 4.98 Å². The van der Waals surface area contributed by atoms with Crippen LogP contribution in [0.4, 0.5) is 8.78 Å². The van der Waals surface area contributed by atoms with Crippen LogP contribution in [0.1, 0.15) is 38.2 Å². The zero-order valence-corrected chi connectivity index (χ0v) is 10.8. The summed E-state index contributed by atoms with van der Waals surface area (Å²) < 4.78 is 27.5. The number of halogens is 3. The molecule has 0 aliphatic rings. The molecule has 0 bridgehead atoms. The molecule has 0 radical (unpaired) electrons. The van der Waals surface area contributed by atoms with Crippen molar-refractivity contribution in [3.8, 4) is 0 Å². The summed E-state index contributed by atoms with van der Waals surface area (Å²) in [6.07, 6.45) is 0. The number of nitrogens with zero attached hydrogens (tertiary/aromatic N) is 1. The van der Waals surface area contributed by atoms with Crippen molar-refractivity contribution in [2.75, 3.05) is 0 Å². The maximum atomic E-state index is 13.8. The number of hydrogen-bond acceptors (Lipinski definition) is 3. The number of aliphatic hydroxyl groups is 1. The standard InChI is InChI=1S/C11H16F2N2O.ClH/c1-7(14)8-5-4-6-9(15-8)11(12,13)10(2,3)16;/h4-7,16H,14H2,1-3H3;1H. The third-order valence-corrected chi connectivity index (χ3v) is 2.33. The molecule has 17 heavy (non-hydrogen) atoms. The monoisotopic (exact) mass is 266 g/mol. The molecule has 1 aromatic heterocycles. The summed E-state index contributed by atoms with van der Waals surface area (Å²) >= 11 is 0. The molecule has 0 saturated carbocycles. The summed E-state index contributed by atoms with van der Waals surface area (Å²) in [6.45, 7) is 3.76. The van der Waals surface area contributed by atoms with Crippen molar-refractivity contribution in [3.63, 3.8) is 0 Å². The summed E-state index contributed by atoms with van der Waals surface area (Å²) in [5, 5.41) is 9.41.